The lowest BCUT2D eigenvalue weighted by molar-refractivity contribution is -0.384. The highest BCUT2D eigenvalue weighted by Gasteiger charge is 2.59. The number of hydrogen-bond acceptors (Lipinski definition) is 6. The van der Waals surface area contributed by atoms with E-state index in [2.05, 4.69) is 21.0 Å². The van der Waals surface area contributed by atoms with Gasteiger partial charge in [0.1, 0.15) is 12.4 Å². The summed E-state index contributed by atoms with van der Waals surface area (Å²) in [6, 6.07) is 11.5. The summed E-state index contributed by atoms with van der Waals surface area (Å²) in [5, 5.41) is 16.1. The van der Waals surface area contributed by atoms with E-state index in [1.807, 2.05) is 12.2 Å². The fourth-order valence-electron chi connectivity index (χ4n) is 4.76. The zero-order valence-corrected chi connectivity index (χ0v) is 18.3. The summed E-state index contributed by atoms with van der Waals surface area (Å²) in [6.07, 6.45) is 6.47. The molecule has 2 aliphatic carbocycles. The zero-order chi connectivity index (χ0) is 22.4. The molecule has 1 saturated heterocycles. The molecular formula is C23H18BrN3O5. The Kier molecular flexibility index (Phi) is 5.13. The molecule has 4 atom stereocenters. The summed E-state index contributed by atoms with van der Waals surface area (Å²) in [5.41, 5.74) is 1.38. The molecule has 0 spiro atoms. The standard InChI is InChI=1S/C23H18BrN3O5/c24-18-9-13(4-7-19(18)32-12-14-2-1-3-17(8-14)27(30)31)11-25-26-22(28)20-15-5-6-16(10-15)21(20)23(26)29/h1-9,11,15-16,20-21H,10,12H2. The highest BCUT2D eigenvalue weighted by Crippen LogP contribution is 2.52. The molecule has 5 rings (SSSR count). The lowest BCUT2D eigenvalue weighted by atomic mass is 9.85. The van der Waals surface area contributed by atoms with E-state index in [0.29, 0.717) is 21.3 Å². The first-order valence-corrected chi connectivity index (χ1v) is 11.0. The second-order valence-corrected chi connectivity index (χ2v) is 8.99. The number of benzene rings is 2. The summed E-state index contributed by atoms with van der Waals surface area (Å²) >= 11 is 3.45. The number of carbonyl (C=O) groups is 2. The Morgan fingerprint density at radius 3 is 2.50 bits per heavy atom. The van der Waals surface area contributed by atoms with Gasteiger partial charge in [-0.3, -0.25) is 19.7 Å². The van der Waals surface area contributed by atoms with Crippen LogP contribution in [-0.2, 0) is 16.2 Å². The van der Waals surface area contributed by atoms with Gasteiger partial charge in [0, 0.05) is 12.1 Å². The molecule has 1 saturated carbocycles. The van der Waals surface area contributed by atoms with Crippen molar-refractivity contribution in [3.63, 3.8) is 0 Å². The van der Waals surface area contributed by atoms with E-state index in [-0.39, 0.29) is 47.8 Å². The average molecular weight is 496 g/mol. The van der Waals surface area contributed by atoms with Gasteiger partial charge in [-0.05, 0) is 63.5 Å². The number of allylic oxidation sites excluding steroid dienone is 2. The van der Waals surface area contributed by atoms with Gasteiger partial charge in [-0.1, -0.05) is 24.3 Å². The summed E-state index contributed by atoms with van der Waals surface area (Å²) < 4.78 is 6.42. The molecule has 2 aromatic rings. The first-order valence-electron chi connectivity index (χ1n) is 10.2. The minimum Gasteiger partial charge on any atom is -0.488 e. The lowest BCUT2D eigenvalue weighted by Crippen LogP contribution is -2.28. The van der Waals surface area contributed by atoms with Crippen LogP contribution in [0.1, 0.15) is 17.5 Å². The molecule has 0 aromatic heterocycles. The van der Waals surface area contributed by atoms with Gasteiger partial charge in [0.15, 0.2) is 0 Å². The summed E-state index contributed by atoms with van der Waals surface area (Å²) in [7, 11) is 0. The van der Waals surface area contributed by atoms with E-state index >= 15 is 0 Å². The molecule has 2 fully saturated rings. The van der Waals surface area contributed by atoms with Gasteiger partial charge < -0.3 is 4.74 Å². The topological polar surface area (TPSA) is 102 Å². The molecule has 162 valence electrons. The van der Waals surface area contributed by atoms with Gasteiger partial charge in [0.25, 0.3) is 17.5 Å². The number of hydrazone groups is 1. The highest BCUT2D eigenvalue weighted by atomic mass is 79.9. The Morgan fingerprint density at radius 1 is 1.12 bits per heavy atom. The number of nitro benzene ring substituents is 1. The van der Waals surface area contributed by atoms with Crippen LogP contribution in [0, 0.1) is 33.8 Å². The largest absolute Gasteiger partial charge is 0.488 e. The maximum Gasteiger partial charge on any atom is 0.269 e. The smallest absolute Gasteiger partial charge is 0.269 e. The second kappa shape index (κ2) is 7.98. The van der Waals surface area contributed by atoms with Gasteiger partial charge in [-0.25, -0.2) is 0 Å². The predicted molar refractivity (Wildman–Crippen MR) is 119 cm³/mol. The number of ether oxygens (including phenoxy) is 1. The molecule has 2 amide bonds. The van der Waals surface area contributed by atoms with Gasteiger partial charge in [-0.15, -0.1) is 0 Å². The van der Waals surface area contributed by atoms with Crippen molar-refractivity contribution in [2.75, 3.05) is 0 Å². The first-order chi connectivity index (χ1) is 15.4. The normalized spacial score (nSPS) is 25.7. The molecule has 1 aliphatic heterocycles. The molecule has 3 aliphatic rings. The van der Waals surface area contributed by atoms with Crippen molar-refractivity contribution in [3.05, 3.63) is 80.3 Å². The highest BCUT2D eigenvalue weighted by molar-refractivity contribution is 9.10. The third-order valence-electron chi connectivity index (χ3n) is 6.24. The molecule has 1 heterocycles. The Bertz CT molecular complexity index is 1160. The van der Waals surface area contributed by atoms with Gasteiger partial charge in [0.2, 0.25) is 0 Å². The molecule has 0 radical (unpaired) electrons. The number of hydrogen-bond donors (Lipinski definition) is 0. The SMILES string of the molecule is O=C1C2C3C=CC(C3)C2C(=O)N1N=Cc1ccc(OCc2cccc([N+](=O)[O-])c2)c(Br)c1. The predicted octanol–water partition coefficient (Wildman–Crippen LogP) is 4.08. The van der Waals surface area contributed by atoms with E-state index < -0.39 is 4.92 Å². The zero-order valence-electron chi connectivity index (χ0n) is 16.8. The minimum absolute atomic E-state index is 0.00987. The van der Waals surface area contributed by atoms with Gasteiger partial charge in [-0.2, -0.15) is 10.1 Å². The van der Waals surface area contributed by atoms with Crippen LogP contribution in [0.4, 0.5) is 5.69 Å². The van der Waals surface area contributed by atoms with Gasteiger partial charge >= 0.3 is 0 Å². The number of non-ortho nitro benzene ring substituents is 1. The van der Waals surface area contributed by atoms with E-state index in [4.69, 9.17) is 4.74 Å². The van der Waals surface area contributed by atoms with Crippen LogP contribution in [0.2, 0.25) is 0 Å². The molecule has 8 nitrogen and oxygen atoms in total. The van der Waals surface area contributed by atoms with E-state index in [1.54, 1.807) is 30.3 Å². The third-order valence-corrected chi connectivity index (χ3v) is 6.86. The number of fused-ring (bicyclic) bond motifs is 5. The van der Waals surface area contributed by atoms with Crippen molar-refractivity contribution in [2.45, 2.75) is 13.0 Å². The monoisotopic (exact) mass is 495 g/mol. The number of amides is 2. The Hall–Kier alpha value is -3.33. The van der Waals surface area contributed by atoms with Crippen LogP contribution in [0.15, 0.2) is 64.2 Å². The Labute approximate surface area is 191 Å². The van der Waals surface area contributed by atoms with Crippen molar-refractivity contribution in [3.8, 4) is 5.75 Å². The van der Waals surface area contributed by atoms with Gasteiger partial charge in [0.05, 0.1) is 27.4 Å². The fraction of sp³-hybridized carbons (Fsp3) is 0.261. The van der Waals surface area contributed by atoms with E-state index in [0.717, 1.165) is 11.4 Å². The van der Waals surface area contributed by atoms with Crippen molar-refractivity contribution in [2.24, 2.45) is 28.8 Å². The quantitative estimate of drug-likeness (QED) is 0.197. The lowest BCUT2D eigenvalue weighted by Gasteiger charge is -2.13. The van der Waals surface area contributed by atoms with Crippen molar-refractivity contribution in [1.82, 2.24) is 5.01 Å². The third kappa shape index (κ3) is 3.52. The number of nitro groups is 1. The van der Waals surface area contributed by atoms with Crippen molar-refractivity contribution >= 4 is 39.6 Å². The van der Waals surface area contributed by atoms with E-state index in [9.17, 15) is 19.7 Å². The molecule has 4 unspecified atom stereocenters. The molecule has 2 bridgehead atoms. The fourth-order valence-corrected chi connectivity index (χ4v) is 5.27. The number of rotatable bonds is 6. The molecular weight excluding hydrogens is 478 g/mol. The number of halogens is 1. The van der Waals surface area contributed by atoms with Crippen molar-refractivity contribution < 1.29 is 19.2 Å². The van der Waals surface area contributed by atoms with Crippen LogP contribution in [0.3, 0.4) is 0 Å². The first kappa shape index (κ1) is 20.6. The molecule has 2 aromatic carbocycles. The Balaban J connectivity index is 1.25. The van der Waals surface area contributed by atoms with E-state index in [1.165, 1.54) is 18.3 Å². The maximum absolute atomic E-state index is 12.7. The molecule has 0 N–H and O–H groups in total. The summed E-state index contributed by atoms with van der Waals surface area (Å²) in [6.45, 7) is 0.170. The Morgan fingerprint density at radius 2 is 1.84 bits per heavy atom. The minimum atomic E-state index is -0.447. The summed E-state index contributed by atoms with van der Waals surface area (Å²) in [5.74, 6) is -0.124. The van der Waals surface area contributed by atoms with Crippen LogP contribution >= 0.6 is 15.9 Å². The van der Waals surface area contributed by atoms with Crippen LogP contribution < -0.4 is 4.74 Å². The average Bonchev–Trinajstić information content (AvgIpc) is 3.46. The number of carbonyl (C=O) groups excluding carboxylic acids is 2. The molecule has 9 heteroatoms. The number of imide groups is 1. The number of nitrogens with zero attached hydrogens (tertiary/aromatic N) is 3. The second-order valence-electron chi connectivity index (χ2n) is 8.14. The van der Waals surface area contributed by atoms with Crippen molar-refractivity contribution in [1.29, 1.82) is 0 Å². The summed E-state index contributed by atoms with van der Waals surface area (Å²) in [4.78, 5) is 35.9. The van der Waals surface area contributed by atoms with Crippen LogP contribution in [0.5, 0.6) is 5.75 Å². The maximum atomic E-state index is 12.7. The molecule has 32 heavy (non-hydrogen) atoms. The van der Waals surface area contributed by atoms with Crippen LogP contribution in [0.25, 0.3) is 0 Å². The van der Waals surface area contributed by atoms with Crippen LogP contribution in [-0.4, -0.2) is 28.0 Å².